The lowest BCUT2D eigenvalue weighted by Gasteiger charge is -2.18. The normalized spacial score (nSPS) is 13.5. The number of hydrogen-bond acceptors (Lipinski definition) is 7. The van der Waals surface area contributed by atoms with Gasteiger partial charge in [0.1, 0.15) is 11.9 Å². The maximum atomic E-state index is 12.9. The molecule has 2 aromatic heterocycles. The number of pyridine rings is 2. The van der Waals surface area contributed by atoms with Crippen LogP contribution in [-0.4, -0.2) is 28.6 Å². The van der Waals surface area contributed by atoms with Crippen molar-refractivity contribution in [3.05, 3.63) is 72.1 Å². The largest absolute Gasteiger partial charge is 0.486 e. The molecule has 4 rings (SSSR count). The number of benzene rings is 1. The van der Waals surface area contributed by atoms with E-state index in [1.165, 1.54) is 24.4 Å². The van der Waals surface area contributed by atoms with Crippen molar-refractivity contribution >= 4 is 29.3 Å². The SMILES string of the molecule is N#Cc1ccc(Nc2ncccc2NC(=O)/C=C/c2cccc(OC(F)F)c2OC2CCCC2)nc1. The first kappa shape index (κ1) is 24.6. The second-order valence-electron chi connectivity index (χ2n) is 7.97. The van der Waals surface area contributed by atoms with E-state index in [1.807, 2.05) is 6.07 Å². The second kappa shape index (κ2) is 11.8. The Balaban J connectivity index is 1.50. The summed E-state index contributed by atoms with van der Waals surface area (Å²) < 4.78 is 36.5. The Bertz CT molecular complexity index is 1270. The first-order valence-electron chi connectivity index (χ1n) is 11.3. The van der Waals surface area contributed by atoms with E-state index in [0.29, 0.717) is 28.5 Å². The molecule has 1 aliphatic carbocycles. The predicted octanol–water partition coefficient (Wildman–Crippen LogP) is 5.67. The number of nitrogens with one attached hydrogen (secondary N) is 2. The topological polar surface area (TPSA) is 109 Å². The minimum absolute atomic E-state index is 0.0758. The summed E-state index contributed by atoms with van der Waals surface area (Å²) in [6.45, 7) is -3.00. The second-order valence-corrected chi connectivity index (χ2v) is 7.97. The van der Waals surface area contributed by atoms with Gasteiger partial charge < -0.3 is 20.1 Å². The number of carbonyl (C=O) groups excluding carboxylic acids is 1. The van der Waals surface area contributed by atoms with E-state index in [-0.39, 0.29) is 17.6 Å². The van der Waals surface area contributed by atoms with Crippen LogP contribution in [0.4, 0.5) is 26.1 Å². The average molecular weight is 491 g/mol. The van der Waals surface area contributed by atoms with E-state index in [2.05, 4.69) is 25.3 Å². The fourth-order valence-corrected chi connectivity index (χ4v) is 3.75. The van der Waals surface area contributed by atoms with Gasteiger partial charge in [0, 0.05) is 24.0 Å². The predicted molar refractivity (Wildman–Crippen MR) is 130 cm³/mol. The molecule has 0 radical (unpaired) electrons. The van der Waals surface area contributed by atoms with Crippen LogP contribution in [0.1, 0.15) is 36.8 Å². The molecule has 0 bridgehead atoms. The van der Waals surface area contributed by atoms with Crippen LogP contribution in [0.25, 0.3) is 6.08 Å². The van der Waals surface area contributed by atoms with Crippen LogP contribution in [-0.2, 0) is 4.79 Å². The van der Waals surface area contributed by atoms with Crippen molar-refractivity contribution in [2.45, 2.75) is 38.4 Å². The fraction of sp³-hybridized carbons (Fsp3) is 0.231. The first-order valence-corrected chi connectivity index (χ1v) is 11.3. The maximum Gasteiger partial charge on any atom is 0.387 e. The zero-order valence-electron chi connectivity index (χ0n) is 19.2. The molecule has 1 fully saturated rings. The van der Waals surface area contributed by atoms with Gasteiger partial charge in [0.15, 0.2) is 17.3 Å². The minimum atomic E-state index is -3.00. The molecule has 0 atom stereocenters. The molecule has 2 heterocycles. The Labute approximate surface area is 206 Å². The van der Waals surface area contributed by atoms with Crippen LogP contribution in [0.5, 0.6) is 11.5 Å². The van der Waals surface area contributed by atoms with E-state index < -0.39 is 12.5 Å². The number of amides is 1. The van der Waals surface area contributed by atoms with Crippen molar-refractivity contribution < 1.29 is 23.0 Å². The van der Waals surface area contributed by atoms with Crippen molar-refractivity contribution in [1.82, 2.24) is 9.97 Å². The fourth-order valence-electron chi connectivity index (χ4n) is 3.75. The number of alkyl halides is 2. The Kier molecular flexibility index (Phi) is 8.03. The van der Waals surface area contributed by atoms with Gasteiger partial charge in [-0.3, -0.25) is 4.79 Å². The highest BCUT2D eigenvalue weighted by atomic mass is 19.3. The van der Waals surface area contributed by atoms with Crippen molar-refractivity contribution in [2.75, 3.05) is 10.6 Å². The lowest BCUT2D eigenvalue weighted by atomic mass is 10.1. The standard InChI is InChI=1S/C26H23F2N5O3/c27-26(28)36-21-9-3-5-18(24(21)35-19-6-1-2-7-19)11-13-23(34)32-20-8-4-14-30-25(20)33-22-12-10-17(15-29)16-31-22/h3-5,8-14,16,19,26H,1-2,6-7H2,(H,32,34)(H,30,31,33)/b13-11+. The summed E-state index contributed by atoms with van der Waals surface area (Å²) in [6.07, 6.45) is 9.33. The molecular formula is C26H23F2N5O3. The van der Waals surface area contributed by atoms with Crippen molar-refractivity contribution in [1.29, 1.82) is 5.26 Å². The van der Waals surface area contributed by atoms with Crippen LogP contribution >= 0.6 is 0 Å². The Hall–Kier alpha value is -4.52. The Morgan fingerprint density at radius 1 is 1.14 bits per heavy atom. The van der Waals surface area contributed by atoms with Gasteiger partial charge in [-0.15, -0.1) is 0 Å². The summed E-state index contributed by atoms with van der Waals surface area (Å²) in [5.74, 6) is 0.445. The summed E-state index contributed by atoms with van der Waals surface area (Å²) in [5, 5.41) is 14.7. The molecule has 2 N–H and O–H groups in total. The third-order valence-corrected chi connectivity index (χ3v) is 5.43. The molecule has 0 unspecified atom stereocenters. The molecule has 0 spiro atoms. The summed E-state index contributed by atoms with van der Waals surface area (Å²) in [6, 6.07) is 13.2. The van der Waals surface area contributed by atoms with Crippen LogP contribution < -0.4 is 20.1 Å². The number of carbonyl (C=O) groups is 1. The van der Waals surface area contributed by atoms with Gasteiger partial charge in [0.2, 0.25) is 5.91 Å². The third-order valence-electron chi connectivity index (χ3n) is 5.43. The third kappa shape index (κ3) is 6.54. The molecule has 3 aromatic rings. The molecule has 184 valence electrons. The number of ether oxygens (including phenoxy) is 2. The molecule has 1 amide bonds. The van der Waals surface area contributed by atoms with Crippen molar-refractivity contribution in [3.63, 3.8) is 0 Å². The van der Waals surface area contributed by atoms with Gasteiger partial charge in [-0.05, 0) is 62.1 Å². The monoisotopic (exact) mass is 491 g/mol. The van der Waals surface area contributed by atoms with Crippen molar-refractivity contribution in [3.8, 4) is 17.6 Å². The van der Waals surface area contributed by atoms with Crippen molar-refractivity contribution in [2.24, 2.45) is 0 Å². The van der Waals surface area contributed by atoms with Gasteiger partial charge in [-0.2, -0.15) is 14.0 Å². The Morgan fingerprint density at radius 2 is 1.97 bits per heavy atom. The quantitative estimate of drug-likeness (QED) is 0.371. The zero-order valence-corrected chi connectivity index (χ0v) is 19.2. The van der Waals surface area contributed by atoms with Gasteiger partial charge >= 0.3 is 6.61 Å². The summed E-state index contributed by atoms with van der Waals surface area (Å²) >= 11 is 0. The smallest absolute Gasteiger partial charge is 0.387 e. The number of nitrogens with zero attached hydrogens (tertiary/aromatic N) is 3. The van der Waals surface area contributed by atoms with Gasteiger partial charge in [0.25, 0.3) is 0 Å². The lowest BCUT2D eigenvalue weighted by molar-refractivity contribution is -0.111. The number of anilines is 3. The minimum Gasteiger partial charge on any atom is -0.486 e. The van der Waals surface area contributed by atoms with E-state index in [1.54, 1.807) is 42.6 Å². The molecule has 1 aromatic carbocycles. The highest BCUT2D eigenvalue weighted by Crippen LogP contribution is 2.36. The lowest BCUT2D eigenvalue weighted by Crippen LogP contribution is -2.14. The number of nitriles is 1. The van der Waals surface area contributed by atoms with E-state index in [0.717, 1.165) is 25.7 Å². The van der Waals surface area contributed by atoms with Gasteiger partial charge in [-0.25, -0.2) is 9.97 Å². The molecule has 0 saturated heterocycles. The molecule has 1 saturated carbocycles. The van der Waals surface area contributed by atoms with Gasteiger partial charge in [-0.1, -0.05) is 12.1 Å². The van der Waals surface area contributed by atoms with E-state index >= 15 is 0 Å². The highest BCUT2D eigenvalue weighted by Gasteiger charge is 2.21. The van der Waals surface area contributed by atoms with Crippen LogP contribution in [0, 0.1) is 11.3 Å². The zero-order chi connectivity index (χ0) is 25.3. The van der Waals surface area contributed by atoms with Gasteiger partial charge in [0.05, 0.1) is 17.4 Å². The molecule has 8 nitrogen and oxygen atoms in total. The summed E-state index contributed by atoms with van der Waals surface area (Å²) in [5.41, 5.74) is 1.26. The number of para-hydroxylation sites is 1. The molecular weight excluding hydrogens is 468 g/mol. The van der Waals surface area contributed by atoms with Crippen LogP contribution in [0.2, 0.25) is 0 Å². The first-order chi connectivity index (χ1) is 17.5. The molecule has 0 aliphatic heterocycles. The maximum absolute atomic E-state index is 12.9. The number of hydrogen-bond donors (Lipinski definition) is 2. The summed E-state index contributed by atoms with van der Waals surface area (Å²) in [4.78, 5) is 21.1. The number of rotatable bonds is 9. The molecule has 10 heteroatoms. The van der Waals surface area contributed by atoms with E-state index in [4.69, 9.17) is 10.00 Å². The number of aromatic nitrogens is 2. The number of halogens is 2. The highest BCUT2D eigenvalue weighted by molar-refractivity contribution is 6.03. The van der Waals surface area contributed by atoms with Crippen LogP contribution in [0.15, 0.2) is 60.9 Å². The Morgan fingerprint density at radius 3 is 2.69 bits per heavy atom. The summed E-state index contributed by atoms with van der Waals surface area (Å²) in [7, 11) is 0. The van der Waals surface area contributed by atoms with Crippen LogP contribution in [0.3, 0.4) is 0 Å². The molecule has 36 heavy (non-hydrogen) atoms. The average Bonchev–Trinajstić information content (AvgIpc) is 3.39. The van der Waals surface area contributed by atoms with E-state index in [9.17, 15) is 13.6 Å². The molecule has 1 aliphatic rings.